The first-order valence-corrected chi connectivity index (χ1v) is 7.23. The van der Waals surface area contributed by atoms with Gasteiger partial charge in [0.05, 0.1) is 9.83 Å². The third-order valence-corrected chi connectivity index (χ3v) is 4.50. The maximum Gasteiger partial charge on any atom is 0.270 e. The Morgan fingerprint density at radius 1 is 1.19 bits per heavy atom. The van der Waals surface area contributed by atoms with Gasteiger partial charge < -0.3 is 0 Å². The van der Waals surface area contributed by atoms with Gasteiger partial charge in [0.1, 0.15) is 0 Å². The largest absolute Gasteiger partial charge is 0.288 e. The van der Waals surface area contributed by atoms with Crippen molar-refractivity contribution in [2.24, 2.45) is 0 Å². The van der Waals surface area contributed by atoms with Crippen LogP contribution in [0.3, 0.4) is 0 Å². The molecule has 0 atom stereocenters. The van der Waals surface area contributed by atoms with E-state index < -0.39 is 4.92 Å². The van der Waals surface area contributed by atoms with Crippen molar-refractivity contribution in [3.05, 3.63) is 73.6 Å². The van der Waals surface area contributed by atoms with Gasteiger partial charge in [-0.05, 0) is 24.3 Å². The third-order valence-electron chi connectivity index (χ3n) is 3.05. The molecular formula is C15H8ClNO3S. The van der Waals surface area contributed by atoms with Crippen LogP contribution in [0.1, 0.15) is 15.9 Å². The molecule has 0 bridgehead atoms. The smallest absolute Gasteiger partial charge is 0.270 e. The number of hydrogen-bond donors (Lipinski definition) is 0. The number of allylic oxidation sites excluding steroid dienone is 1. The number of carbonyl (C=O) groups is 1. The Bertz CT molecular complexity index is 801. The first-order valence-electron chi connectivity index (χ1n) is 6.03. The molecule has 0 fully saturated rings. The highest BCUT2D eigenvalue weighted by Gasteiger charge is 2.25. The Hall–Kier alpha value is -2.11. The molecule has 0 aliphatic carbocycles. The molecule has 104 valence electrons. The fraction of sp³-hybridized carbons (Fsp3) is 0. The summed E-state index contributed by atoms with van der Waals surface area (Å²) >= 11 is 7.40. The van der Waals surface area contributed by atoms with Crippen molar-refractivity contribution in [3.8, 4) is 0 Å². The number of thioether (sulfide) groups is 1. The molecule has 0 aromatic heterocycles. The number of ketones is 1. The number of fused-ring (bicyclic) bond motifs is 1. The molecule has 0 saturated heterocycles. The quantitative estimate of drug-likeness (QED) is 0.462. The van der Waals surface area contributed by atoms with E-state index in [1.807, 2.05) is 12.1 Å². The van der Waals surface area contributed by atoms with Gasteiger partial charge in [-0.3, -0.25) is 14.9 Å². The maximum absolute atomic E-state index is 12.3. The van der Waals surface area contributed by atoms with Gasteiger partial charge in [0.15, 0.2) is 0 Å². The number of nitro groups is 1. The molecule has 4 nitrogen and oxygen atoms in total. The minimum atomic E-state index is -0.489. The fourth-order valence-electron chi connectivity index (χ4n) is 2.03. The second kappa shape index (κ2) is 5.35. The van der Waals surface area contributed by atoms with Crippen LogP contribution in [0.5, 0.6) is 0 Å². The summed E-state index contributed by atoms with van der Waals surface area (Å²) in [6, 6.07) is 11.5. The van der Waals surface area contributed by atoms with E-state index in [0.717, 1.165) is 4.90 Å². The molecule has 0 saturated carbocycles. The van der Waals surface area contributed by atoms with E-state index in [1.165, 1.54) is 30.0 Å². The van der Waals surface area contributed by atoms with E-state index in [9.17, 15) is 14.9 Å². The van der Waals surface area contributed by atoms with Crippen molar-refractivity contribution in [1.29, 1.82) is 0 Å². The van der Waals surface area contributed by atoms with Crippen LogP contribution in [-0.2, 0) is 0 Å². The molecule has 1 heterocycles. The third kappa shape index (κ3) is 2.57. The highest BCUT2D eigenvalue weighted by molar-refractivity contribution is 8.04. The monoisotopic (exact) mass is 317 g/mol. The van der Waals surface area contributed by atoms with Gasteiger partial charge in [-0.25, -0.2) is 0 Å². The number of nitrogens with zero attached hydrogens (tertiary/aromatic N) is 1. The summed E-state index contributed by atoms with van der Waals surface area (Å²) in [7, 11) is 0. The Balaban J connectivity index is 2.03. The van der Waals surface area contributed by atoms with Crippen molar-refractivity contribution in [3.63, 3.8) is 0 Å². The van der Waals surface area contributed by atoms with E-state index in [2.05, 4.69) is 0 Å². The summed E-state index contributed by atoms with van der Waals surface area (Å²) in [5.41, 5.74) is 1.06. The number of Topliss-reactive ketones (excluding diaryl/α,β-unsaturated/α-hetero) is 1. The molecule has 2 aromatic rings. The van der Waals surface area contributed by atoms with Crippen molar-refractivity contribution in [2.75, 3.05) is 0 Å². The molecule has 2 aromatic carbocycles. The number of halogens is 1. The number of benzene rings is 2. The summed E-state index contributed by atoms with van der Waals surface area (Å²) in [5.74, 6) is -0.0850. The number of rotatable bonds is 2. The Morgan fingerprint density at radius 2 is 1.95 bits per heavy atom. The predicted molar refractivity (Wildman–Crippen MR) is 82.7 cm³/mol. The maximum atomic E-state index is 12.3. The number of non-ortho nitro benzene ring substituents is 1. The van der Waals surface area contributed by atoms with Crippen LogP contribution in [0.25, 0.3) is 6.08 Å². The van der Waals surface area contributed by atoms with Gasteiger partial charge in [-0.15, -0.1) is 0 Å². The van der Waals surface area contributed by atoms with Gasteiger partial charge in [-0.1, -0.05) is 35.5 Å². The molecule has 6 heteroatoms. The molecule has 0 unspecified atom stereocenters. The minimum absolute atomic E-state index is 0.0563. The topological polar surface area (TPSA) is 60.2 Å². The first kappa shape index (κ1) is 13.9. The molecule has 3 rings (SSSR count). The van der Waals surface area contributed by atoms with E-state index in [0.29, 0.717) is 21.1 Å². The van der Waals surface area contributed by atoms with Crippen LogP contribution < -0.4 is 0 Å². The van der Waals surface area contributed by atoms with Gasteiger partial charge in [-0.2, -0.15) is 0 Å². The lowest BCUT2D eigenvalue weighted by Gasteiger charge is -2.00. The molecule has 21 heavy (non-hydrogen) atoms. The SMILES string of the molecule is O=C1/C(=C/c2cc([N+](=O)[O-])ccc2Cl)Sc2ccccc21. The average molecular weight is 318 g/mol. The molecule has 0 N–H and O–H groups in total. The zero-order valence-corrected chi connectivity index (χ0v) is 12.1. The van der Waals surface area contributed by atoms with Crippen molar-refractivity contribution < 1.29 is 9.72 Å². The summed E-state index contributed by atoms with van der Waals surface area (Å²) in [4.78, 5) is 24.0. The van der Waals surface area contributed by atoms with Crippen molar-refractivity contribution in [2.45, 2.75) is 4.90 Å². The number of hydrogen-bond acceptors (Lipinski definition) is 4. The van der Waals surface area contributed by atoms with Crippen LogP contribution in [0.15, 0.2) is 52.3 Å². The van der Waals surface area contributed by atoms with Gasteiger partial charge >= 0.3 is 0 Å². The van der Waals surface area contributed by atoms with Crippen molar-refractivity contribution in [1.82, 2.24) is 0 Å². The highest BCUT2D eigenvalue weighted by atomic mass is 35.5. The first-order chi connectivity index (χ1) is 10.1. The summed E-state index contributed by atoms with van der Waals surface area (Å²) in [5, 5.41) is 11.2. The standard InChI is InChI=1S/C15H8ClNO3S/c16-12-6-5-10(17(19)20)7-9(12)8-14-15(18)11-3-1-2-4-13(11)21-14/h1-8H/b14-8-. The van der Waals surface area contributed by atoms with Crippen LogP contribution in [0.4, 0.5) is 5.69 Å². The Morgan fingerprint density at radius 3 is 2.67 bits per heavy atom. The second-order valence-corrected chi connectivity index (χ2v) is 5.89. The summed E-state index contributed by atoms with van der Waals surface area (Å²) in [6.07, 6.45) is 1.60. The van der Waals surface area contributed by atoms with Crippen LogP contribution in [0, 0.1) is 10.1 Å². The predicted octanol–water partition coefficient (Wildman–Crippen LogP) is 4.58. The number of nitro benzene ring substituents is 1. The highest BCUT2D eigenvalue weighted by Crippen LogP contribution is 2.41. The normalized spacial score (nSPS) is 15.3. The second-order valence-electron chi connectivity index (χ2n) is 4.40. The average Bonchev–Trinajstić information content (AvgIpc) is 2.78. The Labute approximate surface area is 129 Å². The zero-order valence-electron chi connectivity index (χ0n) is 10.6. The lowest BCUT2D eigenvalue weighted by Crippen LogP contribution is -1.94. The van der Waals surface area contributed by atoms with Gasteiger partial charge in [0.25, 0.3) is 5.69 Å². The molecule has 0 amide bonds. The summed E-state index contributed by atoms with van der Waals surface area (Å²) < 4.78 is 0. The lowest BCUT2D eigenvalue weighted by molar-refractivity contribution is -0.384. The molecular weight excluding hydrogens is 310 g/mol. The van der Waals surface area contributed by atoms with Gasteiger partial charge in [0.2, 0.25) is 5.78 Å². The zero-order chi connectivity index (χ0) is 15.0. The van der Waals surface area contributed by atoms with E-state index in [-0.39, 0.29) is 11.5 Å². The molecule has 0 radical (unpaired) electrons. The van der Waals surface area contributed by atoms with Crippen LogP contribution in [0.2, 0.25) is 5.02 Å². The Kier molecular flexibility index (Phi) is 3.53. The van der Waals surface area contributed by atoms with Gasteiger partial charge in [0, 0.05) is 33.2 Å². The fourth-order valence-corrected chi connectivity index (χ4v) is 3.25. The number of carbonyl (C=O) groups excluding carboxylic acids is 1. The molecule has 1 aliphatic rings. The lowest BCUT2D eigenvalue weighted by atomic mass is 10.1. The van der Waals surface area contributed by atoms with Crippen molar-refractivity contribution >= 4 is 40.9 Å². The van der Waals surface area contributed by atoms with Crippen LogP contribution in [-0.4, -0.2) is 10.7 Å². The molecule has 1 aliphatic heterocycles. The summed E-state index contributed by atoms with van der Waals surface area (Å²) in [6.45, 7) is 0. The van der Waals surface area contributed by atoms with E-state index in [1.54, 1.807) is 18.2 Å². The minimum Gasteiger partial charge on any atom is -0.288 e. The van der Waals surface area contributed by atoms with Crippen LogP contribution >= 0.6 is 23.4 Å². The van der Waals surface area contributed by atoms with E-state index in [4.69, 9.17) is 11.6 Å². The van der Waals surface area contributed by atoms with E-state index >= 15 is 0 Å². The molecule has 0 spiro atoms.